The number of aromatic nitrogens is 2. The summed E-state index contributed by atoms with van der Waals surface area (Å²) in [5.41, 5.74) is 2.73. The zero-order valence-electron chi connectivity index (χ0n) is 18.3. The maximum Gasteiger partial charge on any atom is 0.328 e. The van der Waals surface area contributed by atoms with Gasteiger partial charge in [0.05, 0.1) is 26.5 Å². The number of ether oxygens (including phenoxy) is 1. The Labute approximate surface area is 181 Å². The van der Waals surface area contributed by atoms with E-state index in [-0.39, 0.29) is 31.5 Å². The third-order valence-corrected chi connectivity index (χ3v) is 4.75. The van der Waals surface area contributed by atoms with E-state index in [0.717, 1.165) is 5.56 Å². The molecule has 168 valence electrons. The number of aliphatic carboxylic acids is 1. The van der Waals surface area contributed by atoms with Crippen LogP contribution in [0.15, 0.2) is 36.8 Å². The van der Waals surface area contributed by atoms with Crippen molar-refractivity contribution in [2.75, 3.05) is 20.2 Å². The van der Waals surface area contributed by atoms with Crippen LogP contribution >= 0.6 is 0 Å². The Kier molecular flexibility index (Phi) is 8.32. The highest BCUT2D eigenvalue weighted by molar-refractivity contribution is 5.86. The van der Waals surface area contributed by atoms with Crippen LogP contribution in [0, 0.1) is 0 Å². The van der Waals surface area contributed by atoms with Gasteiger partial charge in [0.1, 0.15) is 6.04 Å². The number of imidazole rings is 1. The Morgan fingerprint density at radius 3 is 2.39 bits per heavy atom. The highest BCUT2D eigenvalue weighted by Crippen LogP contribution is 2.22. The Bertz CT molecular complexity index is 872. The molecule has 1 aromatic carbocycles. The van der Waals surface area contributed by atoms with Crippen LogP contribution < -0.4 is 5.32 Å². The second-order valence-electron chi connectivity index (χ2n) is 8.41. The topological polar surface area (TPSA) is 125 Å². The molecule has 1 amide bonds. The van der Waals surface area contributed by atoms with Crippen LogP contribution in [0.2, 0.25) is 0 Å². The van der Waals surface area contributed by atoms with Gasteiger partial charge in [0, 0.05) is 24.9 Å². The summed E-state index contributed by atoms with van der Waals surface area (Å²) in [6.07, 6.45) is 3.22. The average Bonchev–Trinajstić information content (AvgIpc) is 3.19. The number of rotatable bonds is 10. The minimum atomic E-state index is -1.04. The standard InChI is InChI=1S/C22H30N4O5/c1-22(2,3)16-7-5-15(6-8-16)11-26(13-20(28)29)12-19(27)25-18(21(30)31-4)9-17-10-23-14-24-17/h5-8,10,14,18H,9,11-13H2,1-4H3,(H,23,24)(H,25,27)(H,28,29)/t18-/m0/s1. The summed E-state index contributed by atoms with van der Waals surface area (Å²) in [6, 6.07) is 6.97. The van der Waals surface area contributed by atoms with Gasteiger partial charge in [0.25, 0.3) is 0 Å². The summed E-state index contributed by atoms with van der Waals surface area (Å²) in [7, 11) is 1.24. The molecular formula is C22H30N4O5. The van der Waals surface area contributed by atoms with E-state index < -0.39 is 23.9 Å². The Morgan fingerprint density at radius 2 is 1.87 bits per heavy atom. The van der Waals surface area contributed by atoms with Crippen molar-refractivity contribution in [3.63, 3.8) is 0 Å². The lowest BCUT2D eigenvalue weighted by Crippen LogP contribution is -2.47. The Morgan fingerprint density at radius 1 is 1.19 bits per heavy atom. The van der Waals surface area contributed by atoms with Crippen LogP contribution in [0.1, 0.15) is 37.6 Å². The summed E-state index contributed by atoms with van der Waals surface area (Å²) in [6.45, 7) is 6.15. The van der Waals surface area contributed by atoms with E-state index in [9.17, 15) is 19.5 Å². The van der Waals surface area contributed by atoms with Crippen molar-refractivity contribution in [1.82, 2.24) is 20.2 Å². The maximum atomic E-state index is 12.6. The van der Waals surface area contributed by atoms with Gasteiger partial charge in [-0.1, -0.05) is 45.0 Å². The fraction of sp³-hybridized carbons (Fsp3) is 0.455. The van der Waals surface area contributed by atoms with Gasteiger partial charge in [-0.05, 0) is 16.5 Å². The quantitative estimate of drug-likeness (QED) is 0.488. The van der Waals surface area contributed by atoms with E-state index in [4.69, 9.17) is 4.74 Å². The van der Waals surface area contributed by atoms with Crippen molar-refractivity contribution in [1.29, 1.82) is 0 Å². The number of carbonyl (C=O) groups is 3. The van der Waals surface area contributed by atoms with E-state index >= 15 is 0 Å². The number of carboxylic acid groups (broad SMARTS) is 1. The first-order valence-electron chi connectivity index (χ1n) is 9.96. The molecule has 0 radical (unpaired) electrons. The van der Waals surface area contributed by atoms with Crippen molar-refractivity contribution in [2.24, 2.45) is 0 Å². The molecule has 3 N–H and O–H groups in total. The molecule has 0 unspecified atom stereocenters. The molecule has 0 aliphatic rings. The zero-order chi connectivity index (χ0) is 23.0. The van der Waals surface area contributed by atoms with E-state index in [0.29, 0.717) is 5.69 Å². The number of aromatic amines is 1. The molecule has 2 aromatic rings. The summed E-state index contributed by atoms with van der Waals surface area (Å²) in [5, 5.41) is 11.9. The van der Waals surface area contributed by atoms with Crippen LogP contribution in [-0.2, 0) is 37.5 Å². The SMILES string of the molecule is COC(=O)[C@H](Cc1cnc[nH]1)NC(=O)CN(CC(=O)O)Cc1ccc(C(C)(C)C)cc1. The number of H-pyrrole nitrogens is 1. The second kappa shape index (κ2) is 10.7. The Hall–Kier alpha value is -3.20. The number of esters is 1. The van der Waals surface area contributed by atoms with Gasteiger partial charge in [0.2, 0.25) is 5.91 Å². The number of hydrogen-bond acceptors (Lipinski definition) is 6. The van der Waals surface area contributed by atoms with Crippen LogP contribution in [0.4, 0.5) is 0 Å². The number of nitrogens with one attached hydrogen (secondary N) is 2. The largest absolute Gasteiger partial charge is 0.480 e. The number of hydrogen-bond donors (Lipinski definition) is 3. The molecule has 1 aromatic heterocycles. The van der Waals surface area contributed by atoms with Crippen LogP contribution in [0.5, 0.6) is 0 Å². The summed E-state index contributed by atoms with van der Waals surface area (Å²) >= 11 is 0. The number of carbonyl (C=O) groups excluding carboxylic acids is 2. The molecule has 1 heterocycles. The number of carboxylic acids is 1. The fourth-order valence-electron chi connectivity index (χ4n) is 3.12. The van der Waals surface area contributed by atoms with E-state index in [1.54, 1.807) is 6.20 Å². The maximum absolute atomic E-state index is 12.6. The van der Waals surface area contributed by atoms with Crippen molar-refractivity contribution in [3.8, 4) is 0 Å². The third kappa shape index (κ3) is 7.86. The van der Waals surface area contributed by atoms with Crippen LogP contribution in [0.25, 0.3) is 0 Å². The first-order valence-corrected chi connectivity index (χ1v) is 9.96. The molecule has 31 heavy (non-hydrogen) atoms. The zero-order valence-corrected chi connectivity index (χ0v) is 18.3. The second-order valence-corrected chi connectivity index (χ2v) is 8.41. The van der Waals surface area contributed by atoms with Gasteiger partial charge < -0.3 is 20.1 Å². The van der Waals surface area contributed by atoms with E-state index in [2.05, 4.69) is 36.1 Å². The molecule has 0 saturated carbocycles. The lowest BCUT2D eigenvalue weighted by atomic mass is 9.87. The average molecular weight is 431 g/mol. The van der Waals surface area contributed by atoms with Gasteiger partial charge in [0.15, 0.2) is 0 Å². The lowest BCUT2D eigenvalue weighted by molar-refractivity contribution is -0.145. The third-order valence-electron chi connectivity index (χ3n) is 4.75. The molecular weight excluding hydrogens is 400 g/mol. The first-order chi connectivity index (χ1) is 14.6. The summed E-state index contributed by atoms with van der Waals surface area (Å²) in [4.78, 5) is 44.2. The highest BCUT2D eigenvalue weighted by Gasteiger charge is 2.24. The van der Waals surface area contributed by atoms with Crippen LogP contribution in [-0.4, -0.2) is 64.1 Å². The molecule has 0 fully saturated rings. The predicted molar refractivity (Wildman–Crippen MR) is 114 cm³/mol. The molecule has 0 aliphatic carbocycles. The molecule has 0 spiro atoms. The summed E-state index contributed by atoms with van der Waals surface area (Å²) < 4.78 is 4.77. The summed E-state index contributed by atoms with van der Waals surface area (Å²) in [5.74, 6) is -2.10. The van der Waals surface area contributed by atoms with Crippen molar-refractivity contribution in [2.45, 2.75) is 45.2 Å². The van der Waals surface area contributed by atoms with Gasteiger partial charge >= 0.3 is 11.9 Å². The monoisotopic (exact) mass is 430 g/mol. The van der Waals surface area contributed by atoms with Gasteiger partial charge in [-0.3, -0.25) is 14.5 Å². The normalized spacial score (nSPS) is 12.4. The van der Waals surface area contributed by atoms with E-state index in [1.807, 2.05) is 24.3 Å². The van der Waals surface area contributed by atoms with Gasteiger partial charge in [-0.2, -0.15) is 0 Å². The molecule has 0 aliphatic heterocycles. The van der Waals surface area contributed by atoms with Crippen molar-refractivity contribution in [3.05, 3.63) is 53.6 Å². The molecule has 0 saturated heterocycles. The van der Waals surface area contributed by atoms with Gasteiger partial charge in [-0.25, -0.2) is 9.78 Å². The lowest BCUT2D eigenvalue weighted by Gasteiger charge is -2.23. The van der Waals surface area contributed by atoms with E-state index in [1.165, 1.54) is 23.9 Å². The number of amides is 1. The van der Waals surface area contributed by atoms with Crippen molar-refractivity contribution < 1.29 is 24.2 Å². The molecule has 0 bridgehead atoms. The van der Waals surface area contributed by atoms with Crippen molar-refractivity contribution >= 4 is 17.8 Å². The Balaban J connectivity index is 2.05. The number of benzene rings is 1. The number of nitrogens with zero attached hydrogens (tertiary/aromatic N) is 2. The number of methoxy groups -OCH3 is 1. The smallest absolute Gasteiger partial charge is 0.328 e. The minimum absolute atomic E-state index is 0.0106. The minimum Gasteiger partial charge on any atom is -0.480 e. The molecule has 9 nitrogen and oxygen atoms in total. The molecule has 2 rings (SSSR count). The highest BCUT2D eigenvalue weighted by atomic mass is 16.5. The predicted octanol–water partition coefficient (Wildman–Crippen LogP) is 1.49. The fourth-order valence-corrected chi connectivity index (χ4v) is 3.12. The first kappa shape index (κ1) is 24.1. The molecule has 9 heteroatoms. The van der Waals surface area contributed by atoms with Crippen LogP contribution in [0.3, 0.4) is 0 Å². The molecule has 1 atom stereocenters. The van der Waals surface area contributed by atoms with Gasteiger partial charge in [-0.15, -0.1) is 0 Å².